The summed E-state index contributed by atoms with van der Waals surface area (Å²) in [7, 11) is 2.95. The van der Waals surface area contributed by atoms with E-state index in [9.17, 15) is 9.59 Å². The molecule has 2 amide bonds. The Labute approximate surface area is 170 Å². The highest BCUT2D eigenvalue weighted by Crippen LogP contribution is 2.26. The molecule has 1 fully saturated rings. The van der Waals surface area contributed by atoms with Gasteiger partial charge in [0.05, 0.1) is 18.4 Å². The summed E-state index contributed by atoms with van der Waals surface area (Å²) in [6, 6.07) is 1.70. The van der Waals surface area contributed by atoms with Gasteiger partial charge in [-0.05, 0) is 52.5 Å². The minimum absolute atomic E-state index is 0.000732. The van der Waals surface area contributed by atoms with Crippen molar-refractivity contribution < 1.29 is 19.2 Å². The first-order valence-electron chi connectivity index (χ1n) is 9.33. The maximum Gasteiger partial charge on any atom is 0.407 e. The van der Waals surface area contributed by atoms with Crippen molar-refractivity contribution in [1.82, 2.24) is 15.4 Å². The number of nitrogens with one attached hydrogen (secondary N) is 2. The van der Waals surface area contributed by atoms with Crippen LogP contribution in [0.15, 0.2) is 12.3 Å². The predicted molar refractivity (Wildman–Crippen MR) is 107 cm³/mol. The number of carbonyl (C=O) groups excluding carboxylic acids is 2. The molecule has 1 aliphatic rings. The zero-order valence-corrected chi connectivity index (χ0v) is 17.8. The Morgan fingerprint density at radius 2 is 1.96 bits per heavy atom. The van der Waals surface area contributed by atoms with E-state index in [2.05, 4.69) is 15.6 Å². The number of aromatic nitrogens is 1. The van der Waals surface area contributed by atoms with Gasteiger partial charge in [-0.2, -0.15) is 0 Å². The van der Waals surface area contributed by atoms with Crippen LogP contribution in [0.25, 0.3) is 0 Å². The van der Waals surface area contributed by atoms with Crippen molar-refractivity contribution in [2.75, 3.05) is 19.5 Å². The number of anilines is 1. The molecule has 1 saturated carbocycles. The molecular weight excluding hydrogens is 384 g/mol. The molecular formula is C19H29ClN4O4. The fourth-order valence-electron chi connectivity index (χ4n) is 3.12. The first-order valence-corrected chi connectivity index (χ1v) is 9.70. The van der Waals surface area contributed by atoms with E-state index in [1.807, 2.05) is 20.8 Å². The third-order valence-electron chi connectivity index (χ3n) is 4.42. The number of hydrogen-bond donors (Lipinski definition) is 2. The van der Waals surface area contributed by atoms with Gasteiger partial charge in [-0.15, -0.1) is 0 Å². The lowest BCUT2D eigenvalue weighted by Gasteiger charge is -2.32. The summed E-state index contributed by atoms with van der Waals surface area (Å²) in [5.74, 6) is -0.326. The molecule has 156 valence electrons. The summed E-state index contributed by atoms with van der Waals surface area (Å²) in [6.45, 7) is 5.50. The zero-order valence-electron chi connectivity index (χ0n) is 17.0. The van der Waals surface area contributed by atoms with Crippen LogP contribution in [0.2, 0.25) is 5.15 Å². The average molecular weight is 413 g/mol. The molecule has 1 heterocycles. The van der Waals surface area contributed by atoms with Gasteiger partial charge >= 0.3 is 6.09 Å². The second-order valence-corrected chi connectivity index (χ2v) is 8.28. The fourth-order valence-corrected chi connectivity index (χ4v) is 3.28. The third-order valence-corrected chi connectivity index (χ3v) is 4.62. The molecule has 8 nitrogen and oxygen atoms in total. The Morgan fingerprint density at radius 3 is 2.61 bits per heavy atom. The SMILES string of the molecule is CON(C)C(=O)c1cnc(Cl)cc1NC1CCCC(NC(=O)OC(C)(C)C)C1. The van der Waals surface area contributed by atoms with E-state index in [1.165, 1.54) is 20.4 Å². The van der Waals surface area contributed by atoms with Crippen molar-refractivity contribution in [3.63, 3.8) is 0 Å². The number of ether oxygens (including phenoxy) is 1. The maximum absolute atomic E-state index is 12.5. The minimum atomic E-state index is -0.535. The van der Waals surface area contributed by atoms with Crippen LogP contribution in [-0.4, -0.2) is 53.9 Å². The van der Waals surface area contributed by atoms with Gasteiger partial charge in [-0.3, -0.25) is 9.63 Å². The Bertz CT molecular complexity index is 708. The number of pyridine rings is 1. The lowest BCUT2D eigenvalue weighted by molar-refractivity contribution is -0.0756. The van der Waals surface area contributed by atoms with Crippen molar-refractivity contribution in [2.45, 2.75) is 64.1 Å². The van der Waals surface area contributed by atoms with Gasteiger partial charge in [-0.1, -0.05) is 11.6 Å². The highest BCUT2D eigenvalue weighted by Gasteiger charge is 2.27. The molecule has 0 aliphatic heterocycles. The summed E-state index contributed by atoms with van der Waals surface area (Å²) in [5, 5.41) is 7.73. The summed E-state index contributed by atoms with van der Waals surface area (Å²) in [6.07, 6.45) is 4.47. The van der Waals surface area contributed by atoms with Crippen LogP contribution in [0.4, 0.5) is 10.5 Å². The standard InChI is InChI=1S/C19H29ClN4O4/c1-19(2,3)28-18(26)23-13-8-6-7-12(9-13)22-15-10-16(20)21-11-14(15)17(25)24(4)27-5/h10-13H,6-9H2,1-5H3,(H,21,22)(H,23,26). The van der Waals surface area contributed by atoms with Crippen LogP contribution >= 0.6 is 11.6 Å². The normalized spacial score (nSPS) is 19.6. The molecule has 1 aromatic rings. The van der Waals surface area contributed by atoms with Crippen molar-refractivity contribution in [3.05, 3.63) is 23.0 Å². The Kier molecular flexibility index (Phi) is 7.48. The monoisotopic (exact) mass is 412 g/mol. The van der Waals surface area contributed by atoms with Gasteiger partial charge < -0.3 is 15.4 Å². The van der Waals surface area contributed by atoms with Crippen molar-refractivity contribution in [1.29, 1.82) is 0 Å². The molecule has 2 N–H and O–H groups in total. The largest absolute Gasteiger partial charge is 0.444 e. The Hall–Kier alpha value is -2.06. The van der Waals surface area contributed by atoms with E-state index in [-0.39, 0.29) is 18.0 Å². The molecule has 2 atom stereocenters. The second-order valence-electron chi connectivity index (χ2n) is 7.89. The lowest BCUT2D eigenvalue weighted by atomic mass is 9.90. The predicted octanol–water partition coefficient (Wildman–Crippen LogP) is 3.62. The van der Waals surface area contributed by atoms with Gasteiger partial charge in [0.25, 0.3) is 5.91 Å². The van der Waals surface area contributed by atoms with Crippen LogP contribution in [-0.2, 0) is 9.57 Å². The van der Waals surface area contributed by atoms with Crippen LogP contribution < -0.4 is 10.6 Å². The van der Waals surface area contributed by atoms with Gasteiger partial charge in [0.1, 0.15) is 10.8 Å². The number of amides is 2. The molecule has 0 aromatic carbocycles. The highest BCUT2D eigenvalue weighted by molar-refractivity contribution is 6.29. The first kappa shape index (κ1) is 22.2. The fraction of sp³-hybridized carbons (Fsp3) is 0.632. The molecule has 0 spiro atoms. The topological polar surface area (TPSA) is 92.8 Å². The number of nitrogens with zero attached hydrogens (tertiary/aromatic N) is 2. The van der Waals surface area contributed by atoms with Gasteiger partial charge in [0.15, 0.2) is 0 Å². The van der Waals surface area contributed by atoms with Gasteiger partial charge in [0.2, 0.25) is 0 Å². The quantitative estimate of drug-likeness (QED) is 0.566. The van der Waals surface area contributed by atoms with Crippen molar-refractivity contribution >= 4 is 29.3 Å². The minimum Gasteiger partial charge on any atom is -0.444 e. The molecule has 1 aromatic heterocycles. The van der Waals surface area contributed by atoms with Crippen LogP contribution in [0.5, 0.6) is 0 Å². The van der Waals surface area contributed by atoms with E-state index >= 15 is 0 Å². The number of carbonyl (C=O) groups is 2. The summed E-state index contributed by atoms with van der Waals surface area (Å²) < 4.78 is 5.34. The second kappa shape index (κ2) is 9.43. The summed E-state index contributed by atoms with van der Waals surface area (Å²) >= 11 is 6.03. The number of hydroxylamine groups is 2. The maximum atomic E-state index is 12.5. The smallest absolute Gasteiger partial charge is 0.407 e. The molecule has 0 bridgehead atoms. The van der Waals surface area contributed by atoms with Crippen LogP contribution in [0, 0.1) is 0 Å². The third kappa shape index (κ3) is 6.53. The van der Waals surface area contributed by atoms with E-state index in [0.29, 0.717) is 22.8 Å². The van der Waals surface area contributed by atoms with Gasteiger partial charge in [-0.25, -0.2) is 14.8 Å². The number of rotatable bonds is 5. The highest BCUT2D eigenvalue weighted by atomic mass is 35.5. The van der Waals surface area contributed by atoms with E-state index in [1.54, 1.807) is 6.07 Å². The molecule has 0 saturated heterocycles. The number of hydrogen-bond acceptors (Lipinski definition) is 6. The molecule has 0 radical (unpaired) electrons. The summed E-state index contributed by atoms with van der Waals surface area (Å²) in [4.78, 5) is 33.5. The number of halogens is 1. The average Bonchev–Trinajstić information content (AvgIpc) is 2.59. The molecule has 9 heteroatoms. The molecule has 2 unspecified atom stereocenters. The van der Waals surface area contributed by atoms with E-state index in [4.69, 9.17) is 21.2 Å². The summed E-state index contributed by atoms with van der Waals surface area (Å²) in [5.41, 5.74) is 0.431. The Morgan fingerprint density at radius 1 is 1.29 bits per heavy atom. The van der Waals surface area contributed by atoms with E-state index < -0.39 is 11.7 Å². The van der Waals surface area contributed by atoms with E-state index in [0.717, 1.165) is 24.3 Å². The molecule has 2 rings (SSSR count). The lowest BCUT2D eigenvalue weighted by Crippen LogP contribution is -2.44. The van der Waals surface area contributed by atoms with Crippen LogP contribution in [0.1, 0.15) is 56.8 Å². The Balaban J connectivity index is 2.06. The van der Waals surface area contributed by atoms with Gasteiger partial charge in [0, 0.05) is 25.3 Å². The van der Waals surface area contributed by atoms with Crippen molar-refractivity contribution in [3.8, 4) is 0 Å². The molecule has 28 heavy (non-hydrogen) atoms. The van der Waals surface area contributed by atoms with Crippen molar-refractivity contribution in [2.24, 2.45) is 0 Å². The van der Waals surface area contributed by atoms with Crippen LogP contribution in [0.3, 0.4) is 0 Å². The zero-order chi connectivity index (χ0) is 20.9. The molecule has 1 aliphatic carbocycles. The first-order chi connectivity index (χ1) is 13.1. The number of alkyl carbamates (subject to hydrolysis) is 1.